The molecule has 0 radical (unpaired) electrons. The number of rotatable bonds is 12. The molecule has 12 atom stereocenters. The maximum atomic E-state index is 14.2. The average Bonchev–Trinajstić information content (AvgIpc) is 3.07. The Morgan fingerprint density at radius 3 is 1.32 bits per heavy atom. The van der Waals surface area contributed by atoms with Crippen LogP contribution in [0.2, 0.25) is 0 Å². The lowest BCUT2D eigenvalue weighted by Gasteiger charge is -2.44. The molecule has 21 heteroatoms. The van der Waals surface area contributed by atoms with Gasteiger partial charge in [-0.05, 0) is 41.2 Å². The zero-order chi connectivity index (χ0) is 33.8. The fourth-order valence-corrected chi connectivity index (χ4v) is 6.01. The highest BCUT2D eigenvalue weighted by molar-refractivity contribution is 7.60. The summed E-state index contributed by atoms with van der Waals surface area (Å²) in [6, 6.07) is 19.6. The molecule has 2 saturated heterocycles. The van der Waals surface area contributed by atoms with E-state index in [1.807, 2.05) is 88.4 Å². The zero-order valence-corrected chi connectivity index (χ0v) is 44.6. The third-order valence-electron chi connectivity index (χ3n) is 9.21. The molecule has 2 aromatic carbocycles. The van der Waals surface area contributed by atoms with Gasteiger partial charge in [0.15, 0.2) is 6.29 Å². The van der Waals surface area contributed by atoms with E-state index in [4.69, 9.17) is 33.5 Å². The summed E-state index contributed by atoms with van der Waals surface area (Å²) in [7, 11) is 1.52. The van der Waals surface area contributed by atoms with Crippen LogP contribution in [0.3, 0.4) is 0 Å². The van der Waals surface area contributed by atoms with Crippen molar-refractivity contribution in [1.29, 1.82) is 0 Å². The quantitative estimate of drug-likeness (QED) is 0.217. The minimum atomic E-state index is -1.41. The maximum Gasteiger partial charge on any atom is 0.305 e. The first-order chi connectivity index (χ1) is 22.0. The highest BCUT2D eigenvalue weighted by atomic mass is 32.1. The van der Waals surface area contributed by atoms with Crippen molar-refractivity contribution in [3.8, 4) is 0 Å². The van der Waals surface area contributed by atoms with Gasteiger partial charge in [0, 0.05) is 14.0 Å². The van der Waals surface area contributed by atoms with Crippen LogP contribution >= 0.6 is 148 Å². The normalized spacial score (nSPS) is 26.2. The molecule has 4 rings (SSSR count). The Bertz CT molecular complexity index is 1180. The summed E-state index contributed by atoms with van der Waals surface area (Å²) in [6.45, 7) is 11.3. The number of methoxy groups -OCH3 is 1. The highest BCUT2D eigenvalue weighted by Crippen LogP contribution is 2.37. The van der Waals surface area contributed by atoms with Crippen molar-refractivity contribution in [2.75, 3.05) is 13.7 Å². The summed E-state index contributed by atoms with van der Waals surface area (Å²) >= 11 is 0. The number of halogens is 2. The number of esters is 1. The number of carbonyl (C=O) groups is 1. The molecule has 57 heavy (non-hydrogen) atoms. The standard InChI is InChI=1S/C19H27FO4.C17H25FO4.11H2S/c1-5-16(20)17-12(2)13(3)18(19(24-17)23-14(4)21)22-11-15-9-7-6-8-10-15;1-11-12(2)16(21-10-13-7-5-4-6-8-13)17(20-3)22-15(11)14(18)9-19;;;;;;;;;;;/h6-10,12-13,16-19H,5,11H2,1-4H3;4-8,11-12,14-17,19H,9-10H2,1-3H3;11*1H2/t12-,13-,16-,17?,18?,19?;11-,12-,14-,15?,16?,17-;;;;;;;;;;;/m00.........../s1. The molecule has 0 aromatic heterocycles. The molecule has 2 aromatic rings. The van der Waals surface area contributed by atoms with Crippen molar-refractivity contribution < 1.29 is 47.1 Å². The second-order valence-corrected chi connectivity index (χ2v) is 12.4. The molecule has 346 valence electrons. The number of ether oxygens (including phenoxy) is 6. The van der Waals surface area contributed by atoms with Crippen LogP contribution in [0.4, 0.5) is 8.78 Å². The van der Waals surface area contributed by atoms with E-state index < -0.39 is 55.8 Å². The molecule has 0 aliphatic carbocycles. The molecule has 8 nitrogen and oxygen atoms in total. The lowest BCUT2D eigenvalue weighted by atomic mass is 9.81. The maximum absolute atomic E-state index is 14.2. The summed E-state index contributed by atoms with van der Waals surface area (Å²) < 4.78 is 62.2. The number of alkyl halides is 2. The van der Waals surface area contributed by atoms with Crippen LogP contribution < -0.4 is 0 Å². The number of hydrogen-bond donors (Lipinski definition) is 1. The van der Waals surface area contributed by atoms with Gasteiger partial charge in [0.05, 0.1) is 32.0 Å². The zero-order valence-electron chi connectivity index (χ0n) is 33.6. The Kier molecular flexibility index (Phi) is 57.2. The molecule has 2 aliphatic heterocycles. The van der Waals surface area contributed by atoms with Crippen molar-refractivity contribution in [2.24, 2.45) is 23.7 Å². The molecule has 1 N–H and O–H groups in total. The van der Waals surface area contributed by atoms with E-state index in [1.165, 1.54) is 14.0 Å². The third-order valence-corrected chi connectivity index (χ3v) is 9.21. The van der Waals surface area contributed by atoms with Crippen molar-refractivity contribution in [3.63, 3.8) is 0 Å². The van der Waals surface area contributed by atoms with Crippen molar-refractivity contribution >= 4 is 154 Å². The Morgan fingerprint density at radius 1 is 0.632 bits per heavy atom. The number of hydrogen-bond acceptors (Lipinski definition) is 8. The molecule has 5 unspecified atom stereocenters. The van der Waals surface area contributed by atoms with Gasteiger partial charge in [-0.3, -0.25) is 4.79 Å². The van der Waals surface area contributed by atoms with E-state index in [0.717, 1.165) is 11.1 Å². The minimum Gasteiger partial charge on any atom is -0.433 e. The van der Waals surface area contributed by atoms with Crippen molar-refractivity contribution in [3.05, 3.63) is 71.8 Å². The van der Waals surface area contributed by atoms with Crippen LogP contribution in [0.5, 0.6) is 0 Å². The average molecular weight is 1030 g/mol. The summed E-state index contributed by atoms with van der Waals surface area (Å²) in [6.07, 6.45) is -5.62. The fraction of sp³-hybridized carbons (Fsp3) is 0.639. The molecule has 0 spiro atoms. The van der Waals surface area contributed by atoms with E-state index in [2.05, 4.69) is 0 Å². The minimum absolute atomic E-state index is 0. The molecule has 0 bridgehead atoms. The van der Waals surface area contributed by atoms with Gasteiger partial charge in [-0.2, -0.15) is 148 Å². The van der Waals surface area contributed by atoms with E-state index in [1.54, 1.807) is 6.92 Å². The largest absolute Gasteiger partial charge is 0.433 e. The van der Waals surface area contributed by atoms with E-state index in [9.17, 15) is 13.6 Å². The summed E-state index contributed by atoms with van der Waals surface area (Å²) in [4.78, 5) is 11.4. The fourth-order valence-electron chi connectivity index (χ4n) is 6.01. The highest BCUT2D eigenvalue weighted by Gasteiger charge is 2.47. The van der Waals surface area contributed by atoms with Gasteiger partial charge in [-0.25, -0.2) is 8.78 Å². The topological polar surface area (TPSA) is 92.7 Å². The Balaban J connectivity index is -0.0000000970. The summed E-state index contributed by atoms with van der Waals surface area (Å²) in [5, 5.41) is 9.04. The molecule has 2 heterocycles. The Hall–Kier alpha value is 1.38. The van der Waals surface area contributed by atoms with Crippen LogP contribution in [0.25, 0.3) is 0 Å². The third kappa shape index (κ3) is 24.1. The van der Waals surface area contributed by atoms with Crippen LogP contribution in [0.1, 0.15) is 59.1 Å². The van der Waals surface area contributed by atoms with Gasteiger partial charge in [0.25, 0.3) is 0 Å². The van der Waals surface area contributed by atoms with Gasteiger partial charge in [0.2, 0.25) is 6.29 Å². The number of carbonyl (C=O) groups excluding carboxylic acids is 1. The van der Waals surface area contributed by atoms with Gasteiger partial charge < -0.3 is 33.5 Å². The van der Waals surface area contributed by atoms with Crippen LogP contribution in [0, 0.1) is 23.7 Å². The molecule has 2 aliphatic rings. The predicted molar refractivity (Wildman–Crippen MR) is 284 cm³/mol. The molecule has 2 fully saturated rings. The number of aliphatic hydroxyl groups excluding tert-OH is 1. The first kappa shape index (κ1) is 78.8. The van der Waals surface area contributed by atoms with Crippen molar-refractivity contribution in [1.82, 2.24) is 0 Å². The number of benzene rings is 2. The smallest absolute Gasteiger partial charge is 0.305 e. The lowest BCUT2D eigenvalue weighted by Crippen LogP contribution is -2.54. The predicted octanol–water partition coefficient (Wildman–Crippen LogP) is 7.67. The summed E-state index contributed by atoms with van der Waals surface area (Å²) in [5.74, 6) is -0.513. The van der Waals surface area contributed by atoms with E-state index in [0.29, 0.717) is 19.6 Å². The van der Waals surface area contributed by atoms with Gasteiger partial charge in [-0.15, -0.1) is 0 Å². The SMILES string of the molecule is CC[C@H](F)C1OC(OC(C)=O)C(OCc2ccccc2)[C@@H](C)[C@@H]1C.CO[C@H]1OC([C@@H](F)CO)[C@@H](C)[C@H](C)C1OCc1ccccc1.S.S.S.S.S.S.S.S.S.S.S. The number of aliphatic hydroxyl groups is 1. The van der Waals surface area contributed by atoms with E-state index >= 15 is 0 Å². The Labute approximate surface area is 417 Å². The monoisotopic (exact) mass is 1020 g/mol. The van der Waals surface area contributed by atoms with Gasteiger partial charge in [0.1, 0.15) is 24.6 Å². The van der Waals surface area contributed by atoms with Gasteiger partial charge >= 0.3 is 5.97 Å². The second kappa shape index (κ2) is 41.4. The van der Waals surface area contributed by atoms with Crippen LogP contribution in [-0.4, -0.2) is 74.1 Å². The molecular formula is C36H74F2O8S11. The molecular weight excluding hydrogens is 951 g/mol. The Morgan fingerprint density at radius 2 is 0.982 bits per heavy atom. The first-order valence-electron chi connectivity index (χ1n) is 16.2. The van der Waals surface area contributed by atoms with Crippen LogP contribution in [0.15, 0.2) is 60.7 Å². The molecule has 0 amide bonds. The molecule has 0 saturated carbocycles. The van der Waals surface area contributed by atoms with Gasteiger partial charge in [-0.1, -0.05) is 95.3 Å². The first-order valence-corrected chi connectivity index (χ1v) is 16.2. The lowest BCUT2D eigenvalue weighted by molar-refractivity contribution is -0.285. The second-order valence-electron chi connectivity index (χ2n) is 12.4. The summed E-state index contributed by atoms with van der Waals surface area (Å²) in [5.41, 5.74) is 2.09. The van der Waals surface area contributed by atoms with E-state index in [-0.39, 0.29) is 178 Å². The van der Waals surface area contributed by atoms with Crippen LogP contribution in [-0.2, 0) is 46.4 Å². The van der Waals surface area contributed by atoms with Crippen molar-refractivity contribution in [2.45, 2.75) is 111 Å².